The molecule has 1 aromatic carbocycles. The third kappa shape index (κ3) is 4.42. The van der Waals surface area contributed by atoms with E-state index >= 15 is 0 Å². The molecule has 0 aliphatic heterocycles. The van der Waals surface area contributed by atoms with Crippen LogP contribution in [0.3, 0.4) is 0 Å². The fraction of sp³-hybridized carbons (Fsp3) is 0.273. The Morgan fingerprint density at radius 1 is 1.53 bits per heavy atom. The molecule has 0 saturated heterocycles. The van der Waals surface area contributed by atoms with Crippen molar-refractivity contribution in [3.63, 3.8) is 0 Å². The first-order valence-corrected chi connectivity index (χ1v) is 7.53. The summed E-state index contributed by atoms with van der Waals surface area (Å²) < 4.78 is 10.8. The molecule has 0 amide bonds. The van der Waals surface area contributed by atoms with Crippen molar-refractivity contribution in [1.29, 1.82) is 0 Å². The minimum Gasteiger partial charge on any atom is -0.479 e. The summed E-state index contributed by atoms with van der Waals surface area (Å²) in [5.74, 6) is 1.68. The molecule has 2 aromatic rings. The predicted octanol–water partition coefficient (Wildman–Crippen LogP) is 4.70. The summed E-state index contributed by atoms with van der Waals surface area (Å²) >= 11 is 18.1. The van der Waals surface area contributed by atoms with Crippen LogP contribution in [0.5, 0.6) is 5.75 Å². The molecule has 102 valence electrons. The quantitative estimate of drug-likeness (QED) is 0.633. The van der Waals surface area contributed by atoms with Crippen LogP contribution in [0.2, 0.25) is 10.0 Å². The van der Waals surface area contributed by atoms with Gasteiger partial charge in [-0.2, -0.15) is 0 Å². The highest BCUT2D eigenvalue weighted by Crippen LogP contribution is 2.30. The first-order valence-electron chi connectivity index (χ1n) is 5.32. The lowest BCUT2D eigenvalue weighted by Gasteiger charge is -2.14. The summed E-state index contributed by atoms with van der Waals surface area (Å²) in [4.78, 5) is 0.268. The molecule has 0 aliphatic rings. The Hall–Kier alpha value is -0.690. The van der Waals surface area contributed by atoms with Crippen molar-refractivity contribution >= 4 is 47.2 Å². The molecule has 0 fully saturated rings. The molecular formula is C11H10Cl2N2O2S2. The number of halogens is 2. The summed E-state index contributed by atoms with van der Waals surface area (Å²) in [7, 11) is 0. The summed E-state index contributed by atoms with van der Waals surface area (Å²) in [5.41, 5.74) is -0.112. The van der Waals surface area contributed by atoms with Crippen LogP contribution in [-0.4, -0.2) is 15.6 Å². The lowest BCUT2D eigenvalue weighted by Crippen LogP contribution is -2.07. The molecule has 2 rings (SSSR count). The molecule has 4 nitrogen and oxygen atoms in total. The molecular weight excluding hydrogens is 327 g/mol. The van der Waals surface area contributed by atoms with Gasteiger partial charge < -0.3 is 9.15 Å². The van der Waals surface area contributed by atoms with E-state index in [9.17, 15) is 0 Å². The summed E-state index contributed by atoms with van der Waals surface area (Å²) in [6, 6.07) is 5.11. The first kappa shape index (κ1) is 14.7. The molecule has 0 aliphatic carbocycles. The smallest absolute Gasteiger partial charge is 0.284 e. The number of aromatic amines is 1. The maximum atomic E-state index is 6.03. The molecule has 1 N–H and O–H groups in total. The lowest BCUT2D eigenvalue weighted by atomic mass is 10.3. The number of nitrogens with zero attached hydrogens (tertiary/aromatic N) is 1. The van der Waals surface area contributed by atoms with Gasteiger partial charge in [-0.1, -0.05) is 23.2 Å². The normalized spacial score (nSPS) is 12.4. The van der Waals surface area contributed by atoms with Gasteiger partial charge in [0, 0.05) is 5.02 Å². The Bertz CT molecular complexity index is 615. The number of aromatic nitrogens is 2. The van der Waals surface area contributed by atoms with Crippen LogP contribution in [0.25, 0.3) is 0 Å². The molecule has 1 aromatic heterocycles. The van der Waals surface area contributed by atoms with Gasteiger partial charge in [0.1, 0.15) is 11.2 Å². The van der Waals surface area contributed by atoms with E-state index in [2.05, 4.69) is 10.2 Å². The van der Waals surface area contributed by atoms with E-state index in [0.29, 0.717) is 27.4 Å². The molecule has 0 spiro atoms. The van der Waals surface area contributed by atoms with Gasteiger partial charge in [0.15, 0.2) is 0 Å². The van der Waals surface area contributed by atoms with E-state index in [1.165, 1.54) is 11.8 Å². The van der Waals surface area contributed by atoms with Crippen LogP contribution in [0.4, 0.5) is 0 Å². The van der Waals surface area contributed by atoms with Gasteiger partial charge in [-0.15, -0.1) is 16.9 Å². The van der Waals surface area contributed by atoms with Crippen LogP contribution in [-0.2, 0) is 5.75 Å². The van der Waals surface area contributed by atoms with Crippen molar-refractivity contribution in [2.75, 3.05) is 0 Å². The predicted molar refractivity (Wildman–Crippen MR) is 79.5 cm³/mol. The third-order valence-corrected chi connectivity index (χ3v) is 3.80. The van der Waals surface area contributed by atoms with Gasteiger partial charge in [0.25, 0.3) is 4.84 Å². The van der Waals surface area contributed by atoms with Gasteiger partial charge in [0.05, 0.1) is 10.8 Å². The molecule has 19 heavy (non-hydrogen) atoms. The van der Waals surface area contributed by atoms with E-state index < -0.39 is 0 Å². The number of H-pyrrole nitrogens is 1. The van der Waals surface area contributed by atoms with Crippen LogP contribution in [0.15, 0.2) is 22.6 Å². The van der Waals surface area contributed by atoms with Gasteiger partial charge in [-0.3, -0.25) is 0 Å². The molecule has 0 saturated carbocycles. The van der Waals surface area contributed by atoms with Crippen LogP contribution in [0.1, 0.15) is 12.8 Å². The Morgan fingerprint density at radius 3 is 2.95 bits per heavy atom. The van der Waals surface area contributed by atoms with Crippen LogP contribution < -0.4 is 4.74 Å². The van der Waals surface area contributed by atoms with E-state index in [1.54, 1.807) is 18.2 Å². The van der Waals surface area contributed by atoms with Gasteiger partial charge >= 0.3 is 0 Å². The van der Waals surface area contributed by atoms with Crippen LogP contribution >= 0.6 is 47.2 Å². The zero-order valence-electron chi connectivity index (χ0n) is 9.85. The van der Waals surface area contributed by atoms with Crippen molar-refractivity contribution in [3.8, 4) is 5.75 Å². The summed E-state index contributed by atoms with van der Waals surface area (Å²) in [6.07, 6.45) is 0. The van der Waals surface area contributed by atoms with Crippen LogP contribution in [0, 0.1) is 4.84 Å². The maximum absolute atomic E-state index is 6.03. The van der Waals surface area contributed by atoms with E-state index in [1.807, 2.05) is 6.92 Å². The van der Waals surface area contributed by atoms with Crippen molar-refractivity contribution in [2.45, 2.75) is 18.1 Å². The zero-order valence-corrected chi connectivity index (χ0v) is 13.0. The van der Waals surface area contributed by atoms with Crippen molar-refractivity contribution in [1.82, 2.24) is 10.2 Å². The number of benzene rings is 1. The third-order valence-electron chi connectivity index (χ3n) is 2.11. The van der Waals surface area contributed by atoms with E-state index in [4.69, 9.17) is 44.6 Å². The maximum Gasteiger partial charge on any atom is 0.284 e. The Kier molecular flexibility index (Phi) is 5.15. The second-order valence-electron chi connectivity index (χ2n) is 3.58. The number of thioether (sulfide) groups is 1. The Balaban J connectivity index is 1.90. The largest absolute Gasteiger partial charge is 0.479 e. The highest BCUT2D eigenvalue weighted by molar-refractivity contribution is 7.98. The Labute approximate surface area is 129 Å². The van der Waals surface area contributed by atoms with Crippen molar-refractivity contribution < 1.29 is 9.15 Å². The number of ether oxygens (including phenoxy) is 1. The van der Waals surface area contributed by atoms with Crippen molar-refractivity contribution in [2.24, 2.45) is 0 Å². The molecule has 0 bridgehead atoms. The highest BCUT2D eigenvalue weighted by atomic mass is 35.5. The highest BCUT2D eigenvalue weighted by Gasteiger charge is 2.10. The lowest BCUT2D eigenvalue weighted by molar-refractivity contribution is 0.307. The van der Waals surface area contributed by atoms with E-state index in [-0.39, 0.29) is 10.3 Å². The van der Waals surface area contributed by atoms with Gasteiger partial charge in [0.2, 0.25) is 5.89 Å². The standard InChI is InChI=1S/C11H10Cl2N2O2S2/c1-6(19-5-10-14-15-11(18)17-10)16-9-3-2-7(12)4-8(9)13/h2-4,6H,5H2,1H3,(H,15,18). The van der Waals surface area contributed by atoms with E-state index in [0.717, 1.165) is 0 Å². The first-order chi connectivity index (χ1) is 9.04. The number of nitrogens with one attached hydrogen (secondary N) is 1. The average molecular weight is 337 g/mol. The molecule has 1 atom stereocenters. The second kappa shape index (κ2) is 6.65. The molecule has 8 heteroatoms. The Morgan fingerprint density at radius 2 is 2.32 bits per heavy atom. The average Bonchev–Trinajstić information content (AvgIpc) is 2.76. The van der Waals surface area contributed by atoms with Crippen molar-refractivity contribution in [3.05, 3.63) is 39.0 Å². The summed E-state index contributed by atoms with van der Waals surface area (Å²) in [5, 5.41) is 7.53. The molecule has 0 radical (unpaired) electrons. The monoisotopic (exact) mass is 336 g/mol. The minimum atomic E-state index is -0.112. The number of rotatable bonds is 5. The van der Waals surface area contributed by atoms with Gasteiger partial charge in [-0.05, 0) is 37.3 Å². The zero-order chi connectivity index (χ0) is 13.8. The molecule has 1 heterocycles. The fourth-order valence-electron chi connectivity index (χ4n) is 1.29. The fourth-order valence-corrected chi connectivity index (χ4v) is 2.56. The minimum absolute atomic E-state index is 0.112. The van der Waals surface area contributed by atoms with Gasteiger partial charge in [-0.25, -0.2) is 5.10 Å². The second-order valence-corrected chi connectivity index (χ2v) is 6.08. The molecule has 1 unspecified atom stereocenters. The number of hydrogen-bond acceptors (Lipinski definition) is 5. The topological polar surface area (TPSA) is 51.0 Å². The number of hydrogen-bond donors (Lipinski definition) is 1. The SMILES string of the molecule is CC(Oc1ccc(Cl)cc1Cl)SCc1n[nH]c(=S)o1. The summed E-state index contributed by atoms with van der Waals surface area (Å²) in [6.45, 7) is 1.91.